The maximum Gasteiger partial charge on any atom is 0.216 e. The van der Waals surface area contributed by atoms with E-state index < -0.39 is 5.82 Å². The van der Waals surface area contributed by atoms with Crippen molar-refractivity contribution in [1.82, 2.24) is 14.9 Å². The molecule has 0 unspecified atom stereocenters. The van der Waals surface area contributed by atoms with Crippen molar-refractivity contribution >= 4 is 30.0 Å². The quantitative estimate of drug-likeness (QED) is 0.372. The summed E-state index contributed by atoms with van der Waals surface area (Å²) in [4.78, 5) is 0. The molecule has 0 amide bonds. The Labute approximate surface area is 159 Å². The van der Waals surface area contributed by atoms with Crippen molar-refractivity contribution < 1.29 is 9.13 Å². The minimum Gasteiger partial charge on any atom is -0.494 e. The number of hydrogen-bond donors (Lipinski definition) is 2. The Bertz CT molecular complexity index is 963. The van der Waals surface area contributed by atoms with Gasteiger partial charge in [0.2, 0.25) is 4.77 Å². The highest BCUT2D eigenvalue weighted by Gasteiger charge is 2.09. The number of nitrogens with one attached hydrogen (secondary N) is 2. The Hall–Kier alpha value is -2.71. The van der Waals surface area contributed by atoms with Gasteiger partial charge in [-0.1, -0.05) is 17.7 Å². The predicted octanol–water partition coefficient (Wildman–Crippen LogP) is 4.38. The van der Waals surface area contributed by atoms with Crippen LogP contribution in [0.4, 0.5) is 4.39 Å². The van der Waals surface area contributed by atoms with Gasteiger partial charge in [0, 0.05) is 11.1 Å². The largest absolute Gasteiger partial charge is 0.494 e. The summed E-state index contributed by atoms with van der Waals surface area (Å²) in [6.45, 7) is 2.51. The second-order valence-electron chi connectivity index (χ2n) is 5.14. The number of aromatic amines is 1. The Kier molecular flexibility index (Phi) is 5.65. The van der Waals surface area contributed by atoms with Crippen molar-refractivity contribution in [2.24, 2.45) is 5.10 Å². The first-order valence-corrected chi connectivity index (χ1v) is 8.52. The lowest BCUT2D eigenvalue weighted by atomic mass is 10.2. The highest BCUT2D eigenvalue weighted by molar-refractivity contribution is 7.71. The third-order valence-electron chi connectivity index (χ3n) is 3.45. The second-order valence-corrected chi connectivity index (χ2v) is 5.93. The molecule has 0 spiro atoms. The number of nitrogens with zero attached hydrogens (tertiary/aromatic N) is 3. The lowest BCUT2D eigenvalue weighted by Gasteiger charge is -2.07. The van der Waals surface area contributed by atoms with Crippen molar-refractivity contribution in [3.05, 3.63) is 63.6 Å². The van der Waals surface area contributed by atoms with E-state index in [0.717, 1.165) is 11.3 Å². The first-order valence-electron chi connectivity index (χ1n) is 7.74. The van der Waals surface area contributed by atoms with Gasteiger partial charge in [-0.15, -0.1) is 0 Å². The molecule has 0 atom stereocenters. The summed E-state index contributed by atoms with van der Waals surface area (Å²) in [6.07, 6.45) is 1.29. The van der Waals surface area contributed by atoms with E-state index in [2.05, 4.69) is 20.8 Å². The lowest BCUT2D eigenvalue weighted by molar-refractivity contribution is 0.340. The molecule has 0 saturated carbocycles. The van der Waals surface area contributed by atoms with Gasteiger partial charge in [0.1, 0.15) is 11.6 Å². The molecule has 2 aromatic carbocycles. The van der Waals surface area contributed by atoms with Gasteiger partial charge in [-0.05, 0) is 55.5 Å². The van der Waals surface area contributed by atoms with Gasteiger partial charge in [0.15, 0.2) is 5.82 Å². The fraction of sp³-hybridized carbons (Fsp3) is 0.118. The number of H-pyrrole nitrogens is 1. The normalized spacial score (nSPS) is 11.0. The van der Waals surface area contributed by atoms with Gasteiger partial charge >= 0.3 is 0 Å². The summed E-state index contributed by atoms with van der Waals surface area (Å²) >= 11 is 11.2. The van der Waals surface area contributed by atoms with Crippen LogP contribution in [0.15, 0.2) is 47.6 Å². The molecule has 0 radical (unpaired) electrons. The van der Waals surface area contributed by atoms with Crippen LogP contribution in [0.25, 0.3) is 11.4 Å². The fourth-order valence-electron chi connectivity index (χ4n) is 2.24. The molecule has 0 aliphatic rings. The van der Waals surface area contributed by atoms with E-state index in [4.69, 9.17) is 28.6 Å². The molecular formula is C17H15ClFN5OS. The lowest BCUT2D eigenvalue weighted by Crippen LogP contribution is -2.11. The molecule has 1 aromatic heterocycles. The SMILES string of the molecule is CCOc1ccc(-c2n[nH]c(=S)n2N/N=C\c2c(F)cccc2Cl)cc1. The third kappa shape index (κ3) is 3.92. The van der Waals surface area contributed by atoms with Crippen LogP contribution in [0, 0.1) is 10.6 Å². The Balaban J connectivity index is 1.84. The van der Waals surface area contributed by atoms with Gasteiger partial charge < -0.3 is 4.74 Å². The fourth-order valence-corrected chi connectivity index (χ4v) is 2.62. The van der Waals surface area contributed by atoms with Crippen LogP contribution in [-0.4, -0.2) is 27.7 Å². The highest BCUT2D eigenvalue weighted by Crippen LogP contribution is 2.21. The molecule has 1 heterocycles. The van der Waals surface area contributed by atoms with Gasteiger partial charge in [-0.25, -0.2) is 15.0 Å². The van der Waals surface area contributed by atoms with E-state index in [-0.39, 0.29) is 10.6 Å². The number of hydrogen-bond acceptors (Lipinski definition) is 5. The Morgan fingerprint density at radius 3 is 2.81 bits per heavy atom. The minimum absolute atomic E-state index is 0.180. The zero-order valence-electron chi connectivity index (χ0n) is 13.7. The third-order valence-corrected chi connectivity index (χ3v) is 4.05. The average molecular weight is 392 g/mol. The summed E-state index contributed by atoms with van der Waals surface area (Å²) in [5.74, 6) is 0.817. The molecule has 9 heteroatoms. The van der Waals surface area contributed by atoms with E-state index in [1.165, 1.54) is 23.0 Å². The van der Waals surface area contributed by atoms with E-state index in [0.29, 0.717) is 17.2 Å². The second kappa shape index (κ2) is 8.11. The van der Waals surface area contributed by atoms with Crippen LogP contribution in [0.3, 0.4) is 0 Å². The van der Waals surface area contributed by atoms with Crippen LogP contribution in [-0.2, 0) is 0 Å². The summed E-state index contributed by atoms with van der Waals surface area (Å²) in [7, 11) is 0. The highest BCUT2D eigenvalue weighted by atomic mass is 35.5. The van der Waals surface area contributed by atoms with E-state index in [1.807, 2.05) is 31.2 Å². The molecule has 6 nitrogen and oxygen atoms in total. The van der Waals surface area contributed by atoms with Gasteiger partial charge in [-0.3, -0.25) is 0 Å². The van der Waals surface area contributed by atoms with Crippen molar-refractivity contribution in [2.75, 3.05) is 12.1 Å². The van der Waals surface area contributed by atoms with Crippen LogP contribution >= 0.6 is 23.8 Å². The Morgan fingerprint density at radius 2 is 2.12 bits per heavy atom. The predicted molar refractivity (Wildman–Crippen MR) is 102 cm³/mol. The molecule has 3 rings (SSSR count). The molecule has 0 fully saturated rings. The van der Waals surface area contributed by atoms with Gasteiger partial charge in [0.25, 0.3) is 0 Å². The maximum atomic E-state index is 13.8. The Morgan fingerprint density at radius 1 is 1.35 bits per heavy atom. The molecule has 3 aromatic rings. The van der Waals surface area contributed by atoms with Gasteiger partial charge in [0.05, 0.1) is 17.8 Å². The number of aromatic nitrogens is 3. The van der Waals surface area contributed by atoms with E-state index >= 15 is 0 Å². The van der Waals surface area contributed by atoms with E-state index in [9.17, 15) is 4.39 Å². The number of benzene rings is 2. The molecule has 134 valence electrons. The summed E-state index contributed by atoms with van der Waals surface area (Å²) in [5, 5.41) is 11.2. The molecule has 26 heavy (non-hydrogen) atoms. The zero-order chi connectivity index (χ0) is 18.5. The molecule has 2 N–H and O–H groups in total. The monoisotopic (exact) mass is 391 g/mol. The maximum absolute atomic E-state index is 13.8. The van der Waals surface area contributed by atoms with Crippen LogP contribution in [0.2, 0.25) is 5.02 Å². The molecule has 0 aliphatic heterocycles. The first kappa shape index (κ1) is 18.1. The molecule has 0 bridgehead atoms. The van der Waals surface area contributed by atoms with Crippen molar-refractivity contribution in [1.29, 1.82) is 0 Å². The molecule has 0 aliphatic carbocycles. The van der Waals surface area contributed by atoms with Crippen LogP contribution in [0.1, 0.15) is 12.5 Å². The molecule has 0 saturated heterocycles. The average Bonchev–Trinajstić information content (AvgIpc) is 2.99. The number of ether oxygens (including phenoxy) is 1. The van der Waals surface area contributed by atoms with Crippen LogP contribution < -0.4 is 10.3 Å². The number of halogens is 2. The smallest absolute Gasteiger partial charge is 0.216 e. The summed E-state index contributed by atoms with van der Waals surface area (Å²) in [5.41, 5.74) is 3.71. The summed E-state index contributed by atoms with van der Waals surface area (Å²) in [6, 6.07) is 11.8. The van der Waals surface area contributed by atoms with Crippen LogP contribution in [0.5, 0.6) is 5.75 Å². The first-order chi connectivity index (χ1) is 12.6. The van der Waals surface area contributed by atoms with Crippen molar-refractivity contribution in [3.63, 3.8) is 0 Å². The zero-order valence-corrected chi connectivity index (χ0v) is 15.3. The topological polar surface area (TPSA) is 67.2 Å². The minimum atomic E-state index is -0.467. The van der Waals surface area contributed by atoms with Crippen molar-refractivity contribution in [2.45, 2.75) is 6.92 Å². The number of hydrazone groups is 1. The molecular weight excluding hydrogens is 377 g/mol. The van der Waals surface area contributed by atoms with Gasteiger partial charge in [-0.2, -0.15) is 14.9 Å². The summed E-state index contributed by atoms with van der Waals surface area (Å²) < 4.78 is 21.0. The van der Waals surface area contributed by atoms with E-state index in [1.54, 1.807) is 6.07 Å². The number of rotatable bonds is 6. The standard InChI is InChI=1S/C17H15ClFN5OS/c1-2-25-12-8-6-11(7-9-12)16-21-22-17(26)24(16)23-20-10-13-14(18)4-3-5-15(13)19/h3-10,23H,2H2,1H3,(H,22,26)/b20-10-. The van der Waals surface area contributed by atoms with Crippen molar-refractivity contribution in [3.8, 4) is 17.1 Å².